The number of nitrogens with zero attached hydrogens (tertiary/aromatic N) is 1. The zero-order chi connectivity index (χ0) is 11.8. The molecule has 17 heavy (non-hydrogen) atoms. The molecule has 0 spiro atoms. The second-order valence-electron chi connectivity index (χ2n) is 5.14. The highest BCUT2D eigenvalue weighted by atomic mass is 79.9. The van der Waals surface area contributed by atoms with E-state index in [-0.39, 0.29) is 5.91 Å². The highest BCUT2D eigenvalue weighted by Crippen LogP contribution is 2.38. The van der Waals surface area contributed by atoms with Crippen LogP contribution in [0.15, 0.2) is 28.7 Å². The summed E-state index contributed by atoms with van der Waals surface area (Å²) < 4.78 is 0.905. The van der Waals surface area contributed by atoms with Crippen molar-refractivity contribution >= 4 is 21.8 Å². The Morgan fingerprint density at radius 3 is 2.47 bits per heavy atom. The number of rotatable bonds is 1. The van der Waals surface area contributed by atoms with E-state index in [1.165, 1.54) is 19.3 Å². The van der Waals surface area contributed by atoms with Gasteiger partial charge in [0.15, 0.2) is 0 Å². The molecule has 1 aliphatic carbocycles. The summed E-state index contributed by atoms with van der Waals surface area (Å²) in [4.78, 5) is 14.4. The highest BCUT2D eigenvalue weighted by molar-refractivity contribution is 9.10. The molecule has 2 unspecified atom stereocenters. The molecule has 0 N–H and O–H groups in total. The number of benzene rings is 1. The number of amides is 1. The molecule has 3 rings (SSSR count). The predicted octanol–water partition coefficient (Wildman–Crippen LogP) is 3.32. The normalized spacial score (nSPS) is 27.2. The van der Waals surface area contributed by atoms with Gasteiger partial charge in [-0.1, -0.05) is 18.6 Å². The van der Waals surface area contributed by atoms with Gasteiger partial charge in [0.05, 0.1) is 5.56 Å². The molecule has 0 aromatic heterocycles. The van der Waals surface area contributed by atoms with Gasteiger partial charge in [0.2, 0.25) is 0 Å². The first kappa shape index (κ1) is 11.3. The number of carbonyl (C=O) groups excluding carboxylic acids is 1. The van der Waals surface area contributed by atoms with E-state index in [2.05, 4.69) is 15.9 Å². The molecule has 2 aliphatic rings. The number of hydrogen-bond acceptors (Lipinski definition) is 1. The first-order chi connectivity index (χ1) is 8.25. The average molecular weight is 294 g/mol. The Labute approximate surface area is 110 Å². The van der Waals surface area contributed by atoms with Crippen LogP contribution >= 0.6 is 15.9 Å². The van der Waals surface area contributed by atoms with Crippen LogP contribution in [0.3, 0.4) is 0 Å². The second-order valence-corrected chi connectivity index (χ2v) is 6.00. The minimum absolute atomic E-state index is 0.187. The highest BCUT2D eigenvalue weighted by Gasteiger charge is 2.38. The fourth-order valence-electron chi connectivity index (χ4n) is 3.21. The summed E-state index contributed by atoms with van der Waals surface area (Å²) in [6, 6.07) is 7.71. The molecule has 0 radical (unpaired) electrons. The lowest BCUT2D eigenvalue weighted by molar-refractivity contribution is 0.0780. The van der Waals surface area contributed by atoms with Crippen molar-refractivity contribution in [3.63, 3.8) is 0 Å². The third-order valence-corrected chi connectivity index (χ3v) is 4.81. The van der Waals surface area contributed by atoms with Crippen molar-refractivity contribution in [1.82, 2.24) is 4.90 Å². The number of halogens is 1. The molecule has 2 nitrogen and oxygen atoms in total. The van der Waals surface area contributed by atoms with Gasteiger partial charge >= 0.3 is 0 Å². The molecule has 1 aromatic rings. The van der Waals surface area contributed by atoms with Gasteiger partial charge in [-0.15, -0.1) is 0 Å². The molecule has 1 aromatic carbocycles. The standard InChI is InChI=1S/C14H16BrNO/c15-13-7-2-1-6-12(13)14(17)16-8-10-4-3-5-11(10)9-16/h1-2,6-7,10-11H,3-5,8-9H2. The van der Waals surface area contributed by atoms with Crippen LogP contribution in [-0.2, 0) is 0 Å². The molecule has 0 bridgehead atoms. The lowest BCUT2D eigenvalue weighted by atomic mass is 10.0. The number of carbonyl (C=O) groups is 1. The summed E-state index contributed by atoms with van der Waals surface area (Å²) in [6.45, 7) is 1.93. The quantitative estimate of drug-likeness (QED) is 0.778. The lowest BCUT2D eigenvalue weighted by Gasteiger charge is -2.18. The zero-order valence-corrected chi connectivity index (χ0v) is 11.3. The van der Waals surface area contributed by atoms with Gasteiger partial charge in [0.1, 0.15) is 0 Å². The zero-order valence-electron chi connectivity index (χ0n) is 9.73. The Hall–Kier alpha value is -0.830. The van der Waals surface area contributed by atoms with E-state index < -0.39 is 0 Å². The fraction of sp³-hybridized carbons (Fsp3) is 0.500. The van der Waals surface area contributed by atoms with Crippen molar-refractivity contribution < 1.29 is 4.79 Å². The molecule has 90 valence electrons. The van der Waals surface area contributed by atoms with E-state index in [0.29, 0.717) is 0 Å². The summed E-state index contributed by atoms with van der Waals surface area (Å²) in [6.07, 6.45) is 3.97. The summed E-state index contributed by atoms with van der Waals surface area (Å²) in [5.41, 5.74) is 0.799. The van der Waals surface area contributed by atoms with Crippen LogP contribution in [0.2, 0.25) is 0 Å². The van der Waals surface area contributed by atoms with Crippen LogP contribution < -0.4 is 0 Å². The maximum Gasteiger partial charge on any atom is 0.255 e. The van der Waals surface area contributed by atoms with Crippen LogP contribution in [0.5, 0.6) is 0 Å². The Kier molecular flexibility index (Phi) is 2.95. The van der Waals surface area contributed by atoms with Crippen LogP contribution in [0.25, 0.3) is 0 Å². The third kappa shape index (κ3) is 2.01. The van der Waals surface area contributed by atoms with Gasteiger partial charge in [0.25, 0.3) is 5.91 Å². The van der Waals surface area contributed by atoms with E-state index in [1.54, 1.807) is 0 Å². The Morgan fingerprint density at radius 1 is 1.18 bits per heavy atom. The first-order valence-corrected chi connectivity index (χ1v) is 7.09. The van der Waals surface area contributed by atoms with E-state index in [9.17, 15) is 4.79 Å². The van der Waals surface area contributed by atoms with Gasteiger partial charge in [-0.05, 0) is 52.7 Å². The maximum atomic E-state index is 12.4. The van der Waals surface area contributed by atoms with Gasteiger partial charge in [0, 0.05) is 17.6 Å². The van der Waals surface area contributed by atoms with Crippen LogP contribution in [-0.4, -0.2) is 23.9 Å². The lowest BCUT2D eigenvalue weighted by Crippen LogP contribution is -2.29. The summed E-state index contributed by atoms with van der Waals surface area (Å²) in [5, 5.41) is 0. The van der Waals surface area contributed by atoms with Crippen LogP contribution in [0.1, 0.15) is 29.6 Å². The average Bonchev–Trinajstić information content (AvgIpc) is 2.88. The van der Waals surface area contributed by atoms with E-state index in [0.717, 1.165) is 35.0 Å². The Bertz CT molecular complexity index is 434. The molecule has 1 heterocycles. The van der Waals surface area contributed by atoms with E-state index >= 15 is 0 Å². The molecule has 2 atom stereocenters. The number of likely N-dealkylation sites (tertiary alicyclic amines) is 1. The molecular formula is C14H16BrNO. The van der Waals surface area contributed by atoms with Crippen molar-refractivity contribution in [2.24, 2.45) is 11.8 Å². The second kappa shape index (κ2) is 4.45. The first-order valence-electron chi connectivity index (χ1n) is 6.29. The minimum atomic E-state index is 0.187. The SMILES string of the molecule is O=C(c1ccccc1Br)N1CC2CCCC2C1. The van der Waals surface area contributed by atoms with Gasteiger partial charge in [-0.3, -0.25) is 4.79 Å². The molecule has 1 saturated heterocycles. The largest absolute Gasteiger partial charge is 0.338 e. The van der Waals surface area contributed by atoms with E-state index in [4.69, 9.17) is 0 Å². The van der Waals surface area contributed by atoms with Gasteiger partial charge in [-0.2, -0.15) is 0 Å². The maximum absolute atomic E-state index is 12.4. The van der Waals surface area contributed by atoms with Crippen LogP contribution in [0.4, 0.5) is 0 Å². The molecular weight excluding hydrogens is 278 g/mol. The smallest absolute Gasteiger partial charge is 0.255 e. The summed E-state index contributed by atoms with van der Waals surface area (Å²) in [5.74, 6) is 1.72. The molecule has 3 heteroatoms. The predicted molar refractivity (Wildman–Crippen MR) is 70.9 cm³/mol. The Balaban J connectivity index is 1.78. The third-order valence-electron chi connectivity index (χ3n) is 4.12. The van der Waals surface area contributed by atoms with Gasteiger partial charge in [-0.25, -0.2) is 0 Å². The van der Waals surface area contributed by atoms with Crippen molar-refractivity contribution in [3.05, 3.63) is 34.3 Å². The van der Waals surface area contributed by atoms with Crippen molar-refractivity contribution in [2.75, 3.05) is 13.1 Å². The fourth-order valence-corrected chi connectivity index (χ4v) is 3.66. The van der Waals surface area contributed by atoms with Crippen molar-refractivity contribution in [3.8, 4) is 0 Å². The van der Waals surface area contributed by atoms with E-state index in [1.807, 2.05) is 29.2 Å². The molecule has 1 saturated carbocycles. The van der Waals surface area contributed by atoms with Crippen molar-refractivity contribution in [1.29, 1.82) is 0 Å². The topological polar surface area (TPSA) is 20.3 Å². The summed E-state index contributed by atoms with van der Waals surface area (Å²) in [7, 11) is 0. The van der Waals surface area contributed by atoms with Crippen molar-refractivity contribution in [2.45, 2.75) is 19.3 Å². The van der Waals surface area contributed by atoms with Gasteiger partial charge < -0.3 is 4.90 Å². The summed E-state index contributed by atoms with van der Waals surface area (Å²) >= 11 is 3.46. The molecule has 1 amide bonds. The molecule has 1 aliphatic heterocycles. The monoisotopic (exact) mass is 293 g/mol. The number of hydrogen-bond donors (Lipinski definition) is 0. The van der Waals surface area contributed by atoms with Crippen LogP contribution in [0, 0.1) is 11.8 Å². The number of fused-ring (bicyclic) bond motifs is 1. The molecule has 2 fully saturated rings. The minimum Gasteiger partial charge on any atom is -0.338 e. The Morgan fingerprint density at radius 2 is 1.82 bits per heavy atom.